The fourth-order valence-corrected chi connectivity index (χ4v) is 4.98. The van der Waals surface area contributed by atoms with Gasteiger partial charge in [0, 0.05) is 18.4 Å². The lowest BCUT2D eigenvalue weighted by molar-refractivity contribution is -0.137. The van der Waals surface area contributed by atoms with Gasteiger partial charge in [-0.05, 0) is 51.4 Å². The SMILES string of the molecule is O=C(O)CC[C@H](Cc1ccc2ccccc2c1)NC(=O)OCC1c2ccccc2-c2ccccc21. The smallest absolute Gasteiger partial charge is 0.407 e. The normalized spacial score (nSPS) is 13.1. The highest BCUT2D eigenvalue weighted by Gasteiger charge is 2.29. The second-order valence-electron chi connectivity index (χ2n) is 8.98. The van der Waals surface area contributed by atoms with E-state index >= 15 is 0 Å². The zero-order chi connectivity index (χ0) is 24.2. The molecular formula is C30H27NO4. The lowest BCUT2D eigenvalue weighted by atomic mass is 9.98. The third-order valence-corrected chi connectivity index (χ3v) is 6.67. The van der Waals surface area contributed by atoms with Crippen LogP contribution < -0.4 is 5.32 Å². The largest absolute Gasteiger partial charge is 0.481 e. The van der Waals surface area contributed by atoms with Crippen molar-refractivity contribution in [3.8, 4) is 11.1 Å². The molecule has 176 valence electrons. The Morgan fingerprint density at radius 1 is 0.829 bits per heavy atom. The fraction of sp³-hybridized carbons (Fsp3) is 0.200. The quantitative estimate of drug-likeness (QED) is 0.327. The Bertz CT molecular complexity index is 1330. The summed E-state index contributed by atoms with van der Waals surface area (Å²) in [5.74, 6) is -0.908. The Morgan fingerprint density at radius 2 is 1.46 bits per heavy atom. The second-order valence-corrected chi connectivity index (χ2v) is 8.98. The van der Waals surface area contributed by atoms with Gasteiger partial charge in [0.05, 0.1) is 0 Å². The first kappa shape index (κ1) is 22.7. The molecule has 4 aromatic carbocycles. The molecule has 0 fully saturated rings. The van der Waals surface area contributed by atoms with Crippen LogP contribution in [-0.4, -0.2) is 29.8 Å². The highest BCUT2D eigenvalue weighted by molar-refractivity contribution is 5.83. The van der Waals surface area contributed by atoms with Crippen LogP contribution in [0.25, 0.3) is 21.9 Å². The lowest BCUT2D eigenvalue weighted by Crippen LogP contribution is -2.37. The number of rotatable bonds is 8. The van der Waals surface area contributed by atoms with Crippen molar-refractivity contribution in [3.63, 3.8) is 0 Å². The van der Waals surface area contributed by atoms with Crippen molar-refractivity contribution in [3.05, 3.63) is 108 Å². The molecule has 0 heterocycles. The van der Waals surface area contributed by atoms with Crippen LogP contribution in [0.4, 0.5) is 4.79 Å². The van der Waals surface area contributed by atoms with Gasteiger partial charge in [0.1, 0.15) is 6.61 Å². The van der Waals surface area contributed by atoms with Crippen molar-refractivity contribution in [2.75, 3.05) is 6.61 Å². The Balaban J connectivity index is 1.27. The van der Waals surface area contributed by atoms with Gasteiger partial charge in [0.2, 0.25) is 0 Å². The minimum absolute atomic E-state index is 0.0221. The molecule has 1 aliphatic carbocycles. The van der Waals surface area contributed by atoms with Gasteiger partial charge >= 0.3 is 12.1 Å². The molecule has 35 heavy (non-hydrogen) atoms. The topological polar surface area (TPSA) is 75.6 Å². The van der Waals surface area contributed by atoms with E-state index in [4.69, 9.17) is 4.74 Å². The first-order chi connectivity index (χ1) is 17.1. The summed E-state index contributed by atoms with van der Waals surface area (Å²) in [6.45, 7) is 0.224. The van der Waals surface area contributed by atoms with E-state index in [0.717, 1.165) is 27.5 Å². The number of ether oxygens (including phenoxy) is 1. The maximum Gasteiger partial charge on any atom is 0.407 e. The summed E-state index contributed by atoms with van der Waals surface area (Å²) >= 11 is 0. The van der Waals surface area contributed by atoms with Gasteiger partial charge < -0.3 is 15.2 Å². The molecule has 1 atom stereocenters. The molecule has 0 radical (unpaired) electrons. The average Bonchev–Trinajstić information content (AvgIpc) is 3.19. The Kier molecular flexibility index (Phi) is 6.49. The molecule has 5 heteroatoms. The molecule has 5 nitrogen and oxygen atoms in total. The van der Waals surface area contributed by atoms with E-state index in [-0.39, 0.29) is 25.0 Å². The zero-order valence-corrected chi connectivity index (χ0v) is 19.3. The van der Waals surface area contributed by atoms with Gasteiger partial charge in [0.25, 0.3) is 0 Å². The summed E-state index contributed by atoms with van der Waals surface area (Å²) in [6.07, 6.45) is 0.305. The summed E-state index contributed by atoms with van der Waals surface area (Å²) in [4.78, 5) is 24.0. The van der Waals surface area contributed by atoms with Gasteiger partial charge in [-0.15, -0.1) is 0 Å². The number of alkyl carbamates (subject to hydrolysis) is 1. The number of hydrogen-bond acceptors (Lipinski definition) is 3. The van der Waals surface area contributed by atoms with Crippen molar-refractivity contribution < 1.29 is 19.4 Å². The zero-order valence-electron chi connectivity index (χ0n) is 19.3. The number of carboxylic acids is 1. The molecule has 0 aliphatic heterocycles. The number of aliphatic carboxylic acids is 1. The van der Waals surface area contributed by atoms with Crippen molar-refractivity contribution in [1.82, 2.24) is 5.32 Å². The molecule has 0 unspecified atom stereocenters. The minimum Gasteiger partial charge on any atom is -0.481 e. The highest BCUT2D eigenvalue weighted by Crippen LogP contribution is 2.44. The van der Waals surface area contributed by atoms with Crippen molar-refractivity contribution in [2.24, 2.45) is 0 Å². The molecule has 4 aromatic rings. The van der Waals surface area contributed by atoms with E-state index in [1.807, 2.05) is 54.6 Å². The van der Waals surface area contributed by atoms with E-state index in [0.29, 0.717) is 12.8 Å². The first-order valence-electron chi connectivity index (χ1n) is 11.9. The summed E-state index contributed by atoms with van der Waals surface area (Å²) in [5.41, 5.74) is 5.69. The summed E-state index contributed by atoms with van der Waals surface area (Å²) < 4.78 is 5.69. The molecule has 0 spiro atoms. The van der Waals surface area contributed by atoms with E-state index < -0.39 is 12.1 Å². The predicted molar refractivity (Wildman–Crippen MR) is 137 cm³/mol. The van der Waals surface area contributed by atoms with Crippen LogP contribution in [0.3, 0.4) is 0 Å². The van der Waals surface area contributed by atoms with E-state index in [1.165, 1.54) is 11.1 Å². The number of carboxylic acid groups (broad SMARTS) is 1. The van der Waals surface area contributed by atoms with Crippen LogP contribution in [0.2, 0.25) is 0 Å². The van der Waals surface area contributed by atoms with E-state index in [2.05, 4.69) is 41.7 Å². The van der Waals surface area contributed by atoms with Crippen molar-refractivity contribution in [2.45, 2.75) is 31.2 Å². The lowest BCUT2D eigenvalue weighted by Gasteiger charge is -2.20. The molecule has 0 bridgehead atoms. The predicted octanol–water partition coefficient (Wildman–Crippen LogP) is 6.15. The Morgan fingerprint density at radius 3 is 2.14 bits per heavy atom. The number of carbonyl (C=O) groups excluding carboxylic acids is 1. The van der Waals surface area contributed by atoms with Gasteiger partial charge in [-0.2, -0.15) is 0 Å². The molecule has 0 saturated heterocycles. The van der Waals surface area contributed by atoms with Crippen molar-refractivity contribution >= 4 is 22.8 Å². The first-order valence-corrected chi connectivity index (χ1v) is 11.9. The van der Waals surface area contributed by atoms with Crippen LogP contribution in [0.5, 0.6) is 0 Å². The molecule has 1 aliphatic rings. The van der Waals surface area contributed by atoms with Crippen LogP contribution in [0.1, 0.15) is 35.4 Å². The molecular weight excluding hydrogens is 438 g/mol. The number of nitrogens with one attached hydrogen (secondary N) is 1. The maximum atomic E-state index is 12.8. The molecule has 0 aromatic heterocycles. The molecule has 2 N–H and O–H groups in total. The number of carbonyl (C=O) groups is 2. The van der Waals surface area contributed by atoms with Gasteiger partial charge in [0.15, 0.2) is 0 Å². The Labute approximate surface area is 204 Å². The van der Waals surface area contributed by atoms with Crippen LogP contribution in [-0.2, 0) is 16.0 Å². The number of amides is 1. The third kappa shape index (κ3) is 5.04. The standard InChI is InChI=1S/C30H27NO4/c32-29(33)16-15-23(18-20-13-14-21-7-1-2-8-22(21)17-20)31-30(34)35-19-28-26-11-5-3-9-24(26)25-10-4-6-12-27(25)28/h1-14,17,23,28H,15-16,18-19H2,(H,31,34)(H,32,33)/t23-/m1/s1. The van der Waals surface area contributed by atoms with Gasteiger partial charge in [-0.25, -0.2) is 4.79 Å². The third-order valence-electron chi connectivity index (χ3n) is 6.67. The summed E-state index contributed by atoms with van der Waals surface area (Å²) in [6, 6.07) is 30.3. The maximum absolute atomic E-state index is 12.8. The number of fused-ring (bicyclic) bond motifs is 4. The molecule has 1 amide bonds. The molecule has 5 rings (SSSR count). The summed E-state index contributed by atoms with van der Waals surface area (Å²) in [7, 11) is 0. The highest BCUT2D eigenvalue weighted by atomic mass is 16.5. The monoisotopic (exact) mass is 465 g/mol. The summed E-state index contributed by atoms with van der Waals surface area (Å²) in [5, 5.41) is 14.4. The average molecular weight is 466 g/mol. The van der Waals surface area contributed by atoms with Crippen LogP contribution >= 0.6 is 0 Å². The van der Waals surface area contributed by atoms with Crippen LogP contribution in [0, 0.1) is 0 Å². The number of hydrogen-bond donors (Lipinski definition) is 2. The van der Waals surface area contributed by atoms with E-state index in [9.17, 15) is 14.7 Å². The van der Waals surface area contributed by atoms with Crippen molar-refractivity contribution in [1.29, 1.82) is 0 Å². The van der Waals surface area contributed by atoms with Gasteiger partial charge in [-0.1, -0.05) is 91.0 Å². The Hall–Kier alpha value is -4.12. The van der Waals surface area contributed by atoms with Gasteiger partial charge in [-0.3, -0.25) is 4.79 Å². The number of benzene rings is 4. The molecule has 0 saturated carbocycles. The fourth-order valence-electron chi connectivity index (χ4n) is 4.98. The van der Waals surface area contributed by atoms with Crippen LogP contribution in [0.15, 0.2) is 91.0 Å². The van der Waals surface area contributed by atoms with E-state index in [1.54, 1.807) is 0 Å². The second kappa shape index (κ2) is 10.0. The minimum atomic E-state index is -0.886.